The normalized spacial score (nSPS) is 10.2. The summed E-state index contributed by atoms with van der Waals surface area (Å²) < 4.78 is 44.7. The van der Waals surface area contributed by atoms with E-state index in [1.165, 1.54) is 18.4 Å². The maximum Gasteiger partial charge on any atom is 1.00 e. The first kappa shape index (κ1) is 29.4. The zero-order valence-electron chi connectivity index (χ0n) is 15.6. The molecular weight excluding hydrogens is 464 g/mol. The quantitative estimate of drug-likeness (QED) is 0.0377. The molecule has 0 aliphatic heterocycles. The second-order valence-corrected chi connectivity index (χ2v) is 5.99. The standard InChI is InChI=1S/C15H10NO6S.2Na.H2O4S/c16-13-7-9(22-23(18,19)20)5-6-10(13)12-8-21-14-4-2-1-3-11(14)15(12)17;;;1-2-3-4-5/h1,3-8H,16H2,(H,18,19,20);;;1,5H/q-1;2*+1;/p-1. The van der Waals surface area contributed by atoms with Crippen molar-refractivity contribution in [3.63, 3.8) is 0 Å². The summed E-state index contributed by atoms with van der Waals surface area (Å²) in [5.74, 6) is -0.235. The fourth-order valence-electron chi connectivity index (χ4n) is 2.18. The molecule has 3 aromatic rings. The third-order valence-corrected chi connectivity index (χ3v) is 3.65. The fourth-order valence-corrected chi connectivity index (χ4v) is 2.54. The van der Waals surface area contributed by atoms with Crippen molar-refractivity contribution in [2.75, 3.05) is 5.73 Å². The van der Waals surface area contributed by atoms with Gasteiger partial charge in [-0.25, -0.2) is 13.7 Å². The van der Waals surface area contributed by atoms with Gasteiger partial charge in [0.25, 0.3) is 10.4 Å². The summed E-state index contributed by atoms with van der Waals surface area (Å²) in [7, 11) is -4.90. The first-order valence-electron chi connectivity index (χ1n) is 7.02. The number of rotatable bonds is 5. The molecule has 0 fully saturated rings. The zero-order chi connectivity index (χ0) is 20.7. The van der Waals surface area contributed by atoms with Crippen LogP contribution >= 0.6 is 12.9 Å². The van der Waals surface area contributed by atoms with Gasteiger partial charge >= 0.3 is 59.1 Å². The van der Waals surface area contributed by atoms with E-state index in [-0.39, 0.29) is 81.5 Å². The maximum atomic E-state index is 12.5. The topological polar surface area (TPSA) is 171 Å². The molecule has 0 aliphatic carbocycles. The minimum atomic E-state index is -4.90. The van der Waals surface area contributed by atoms with E-state index in [0.717, 1.165) is 6.07 Å². The summed E-state index contributed by atoms with van der Waals surface area (Å²) in [4.78, 5) is 12.5. The Labute approximate surface area is 220 Å². The van der Waals surface area contributed by atoms with Gasteiger partial charge in [-0.05, 0) is 27.6 Å². The molecule has 0 aliphatic rings. The van der Waals surface area contributed by atoms with Crippen LogP contribution in [0.3, 0.4) is 0 Å². The number of thiol groups is 1. The molecule has 150 valence electrons. The molecule has 30 heavy (non-hydrogen) atoms. The van der Waals surface area contributed by atoms with Gasteiger partial charge in [0.05, 0.1) is 11.8 Å². The number of benzene rings is 2. The Balaban J connectivity index is 0.00000108. The third kappa shape index (κ3) is 8.47. The van der Waals surface area contributed by atoms with E-state index >= 15 is 0 Å². The van der Waals surface area contributed by atoms with Crippen molar-refractivity contribution in [2.45, 2.75) is 0 Å². The second kappa shape index (κ2) is 13.7. The molecule has 0 atom stereocenters. The number of hydrogen-bond donors (Lipinski definition) is 3. The van der Waals surface area contributed by atoms with Crippen molar-refractivity contribution < 1.29 is 100 Å². The van der Waals surface area contributed by atoms with Crippen molar-refractivity contribution in [3.05, 3.63) is 59.0 Å². The molecule has 15 heteroatoms. The summed E-state index contributed by atoms with van der Waals surface area (Å²) in [5.41, 5.74) is 6.53. The predicted molar refractivity (Wildman–Crippen MR) is 96.4 cm³/mol. The second-order valence-electron chi connectivity index (χ2n) is 4.86. The van der Waals surface area contributed by atoms with Crippen molar-refractivity contribution in [2.24, 2.45) is 0 Å². The summed E-state index contributed by atoms with van der Waals surface area (Å²) >= 11 is 2.99. The van der Waals surface area contributed by atoms with Gasteiger partial charge in [0, 0.05) is 35.8 Å². The molecule has 3 rings (SSSR count). The molecular formula is C15H11NNa2O10S2. The largest absolute Gasteiger partial charge is 1.00 e. The zero-order valence-corrected chi connectivity index (χ0v) is 21.3. The van der Waals surface area contributed by atoms with Crippen LogP contribution in [-0.4, -0.2) is 18.2 Å². The number of nitrogens with two attached hydrogens (primary N) is 1. The molecule has 1 aromatic heterocycles. The van der Waals surface area contributed by atoms with E-state index in [4.69, 9.17) is 15.4 Å². The van der Waals surface area contributed by atoms with Crippen LogP contribution in [0, 0.1) is 6.07 Å². The smallest absolute Gasteiger partial charge is 0.716 e. The van der Waals surface area contributed by atoms with Crippen molar-refractivity contribution in [1.29, 1.82) is 0 Å². The van der Waals surface area contributed by atoms with Gasteiger partial charge in [-0.15, -0.1) is 10.4 Å². The molecule has 3 N–H and O–H groups in total. The van der Waals surface area contributed by atoms with Gasteiger partial charge in [-0.3, -0.25) is 4.79 Å². The first-order chi connectivity index (χ1) is 13.3. The van der Waals surface area contributed by atoms with Crippen LogP contribution < -0.4 is 74.5 Å². The molecule has 0 spiro atoms. The Morgan fingerprint density at radius 2 is 1.90 bits per heavy atom. The van der Waals surface area contributed by atoms with Crippen LogP contribution in [0.4, 0.5) is 5.69 Å². The van der Waals surface area contributed by atoms with E-state index in [9.17, 15) is 17.8 Å². The van der Waals surface area contributed by atoms with E-state index in [1.807, 2.05) is 0 Å². The average molecular weight is 475 g/mol. The van der Waals surface area contributed by atoms with E-state index in [1.54, 1.807) is 18.2 Å². The summed E-state index contributed by atoms with van der Waals surface area (Å²) in [6, 6.07) is 11.3. The molecule has 2 aromatic carbocycles. The number of fused-ring (bicyclic) bond motifs is 1. The maximum absolute atomic E-state index is 12.5. The van der Waals surface area contributed by atoms with Crippen molar-refractivity contribution in [3.8, 4) is 16.9 Å². The number of anilines is 1. The van der Waals surface area contributed by atoms with Crippen LogP contribution in [0.2, 0.25) is 0 Å². The van der Waals surface area contributed by atoms with E-state index in [2.05, 4.69) is 37.6 Å². The van der Waals surface area contributed by atoms with E-state index in [0.29, 0.717) is 16.5 Å². The number of nitrogen functional groups attached to an aromatic ring is 1. The Kier molecular flexibility index (Phi) is 13.4. The first-order valence-corrected chi connectivity index (χ1v) is 8.72. The Morgan fingerprint density at radius 1 is 1.20 bits per heavy atom. The number of hydrogen-bond acceptors (Lipinski definition) is 12. The molecule has 0 unspecified atom stereocenters. The summed E-state index contributed by atoms with van der Waals surface area (Å²) in [6.45, 7) is 0. The van der Waals surface area contributed by atoms with Crippen LogP contribution in [0.5, 0.6) is 5.75 Å². The van der Waals surface area contributed by atoms with Gasteiger partial charge in [0.2, 0.25) is 0 Å². The summed E-state index contributed by atoms with van der Waals surface area (Å²) in [6.07, 6.45) is 1.26. The Bertz CT molecular complexity index is 1120. The minimum absolute atomic E-state index is 0. The van der Waals surface area contributed by atoms with Crippen LogP contribution in [0.15, 0.2) is 51.9 Å². The fraction of sp³-hybridized carbons (Fsp3) is 0. The molecule has 11 nitrogen and oxygen atoms in total. The van der Waals surface area contributed by atoms with Gasteiger partial charge in [0.15, 0.2) is 5.43 Å². The van der Waals surface area contributed by atoms with Crippen LogP contribution in [0.25, 0.3) is 22.1 Å². The average Bonchev–Trinajstić information content (AvgIpc) is 2.63. The van der Waals surface area contributed by atoms with Crippen LogP contribution in [-0.2, 0) is 24.8 Å². The third-order valence-electron chi connectivity index (χ3n) is 3.19. The van der Waals surface area contributed by atoms with Crippen LogP contribution in [0.1, 0.15) is 0 Å². The predicted octanol–water partition coefficient (Wildman–Crippen LogP) is -4.13. The molecule has 0 saturated heterocycles. The van der Waals surface area contributed by atoms with E-state index < -0.39 is 10.4 Å². The summed E-state index contributed by atoms with van der Waals surface area (Å²) in [5, 5.41) is 13.7. The monoisotopic (exact) mass is 475 g/mol. The molecule has 0 saturated carbocycles. The van der Waals surface area contributed by atoms with Gasteiger partial charge in [-0.1, -0.05) is 0 Å². The van der Waals surface area contributed by atoms with Gasteiger partial charge in [0.1, 0.15) is 5.75 Å². The Morgan fingerprint density at radius 3 is 2.43 bits per heavy atom. The molecule has 0 amide bonds. The SMILES string of the molecule is Nc1cc(OS(=O)(=O)[O-])ccc1-c1coc2c[c-]ccc2c1=O.OOOOS.[Na+].[Na+]. The van der Waals surface area contributed by atoms with Gasteiger partial charge in [-0.2, -0.15) is 18.2 Å². The Hall–Kier alpha value is -0.650. The molecule has 0 bridgehead atoms. The van der Waals surface area contributed by atoms with Crippen molar-refractivity contribution >= 4 is 40.0 Å². The minimum Gasteiger partial charge on any atom is -0.716 e. The molecule has 1 heterocycles. The molecule has 0 radical (unpaired) electrons. The van der Waals surface area contributed by atoms with Gasteiger partial charge < -0.3 is 18.9 Å². The van der Waals surface area contributed by atoms with Crippen molar-refractivity contribution in [1.82, 2.24) is 0 Å².